The van der Waals surface area contributed by atoms with Gasteiger partial charge in [-0.05, 0) is 94.5 Å². The normalized spacial score (nSPS) is 17.0. The van der Waals surface area contributed by atoms with Crippen LogP contribution >= 0.6 is 0 Å². The number of aryl methyl sites for hydroxylation is 2. The smallest absolute Gasteiger partial charge is 0.170 e. The molecule has 0 atom stereocenters. The summed E-state index contributed by atoms with van der Waals surface area (Å²) in [5, 5.41) is 0. The molecule has 0 amide bonds. The average Bonchev–Trinajstić information content (AvgIpc) is 3.35. The average molecular weight is 909 g/mol. The van der Waals surface area contributed by atoms with Crippen LogP contribution in [0.2, 0.25) is 0 Å². The Balaban J connectivity index is 0.846. The standard InChI is InChI=1S/C58H72N10/c1-59(2)53-19-31-63(32-20-53)25-5-23-61-27-15-45-7-11-55-49(35-45)39-65-43-67(55)41-51-37-47(9-13-57(51)65)17-29-62(24-6-26-64-33-21-54(22-34-64)60(3)4)30-18-48-10-14-58-52(38-48)42-68-44-66(58)40-50-36-46(16-28-61)8-12-56(50)68/h7-14,19-22,31-38H,5-6,15-18,23-30,39-44H2,1-4H3/q+2. The summed E-state index contributed by atoms with van der Waals surface area (Å²) in [6.07, 6.45) is 15.4. The minimum Gasteiger partial charge on any atom is -0.377 e. The van der Waals surface area contributed by atoms with Crippen LogP contribution in [0, 0.1) is 0 Å². The summed E-state index contributed by atoms with van der Waals surface area (Å²) in [7, 11) is 8.43. The molecule has 6 aromatic rings. The van der Waals surface area contributed by atoms with E-state index in [0.29, 0.717) is 0 Å². The maximum absolute atomic E-state index is 2.73. The molecule has 10 nitrogen and oxygen atoms in total. The molecule has 0 unspecified atom stereocenters. The van der Waals surface area contributed by atoms with Crippen LogP contribution in [0.5, 0.6) is 0 Å². The maximum Gasteiger partial charge on any atom is 0.170 e. The number of nitrogens with zero attached hydrogens (tertiary/aromatic N) is 10. The van der Waals surface area contributed by atoms with E-state index < -0.39 is 0 Å². The monoisotopic (exact) mass is 909 g/mol. The van der Waals surface area contributed by atoms with E-state index in [0.717, 1.165) is 130 Å². The fourth-order valence-corrected chi connectivity index (χ4v) is 11.6. The van der Waals surface area contributed by atoms with Crippen molar-refractivity contribution in [1.29, 1.82) is 0 Å². The first-order valence-electron chi connectivity index (χ1n) is 25.5. The summed E-state index contributed by atoms with van der Waals surface area (Å²) < 4.78 is 4.69. The van der Waals surface area contributed by atoms with Crippen molar-refractivity contribution in [3.63, 3.8) is 0 Å². The molecule has 16 bridgehead atoms. The van der Waals surface area contributed by atoms with E-state index in [2.05, 4.69) is 198 Å². The topological polar surface area (TPSA) is 33.7 Å². The molecule has 11 aliphatic heterocycles. The molecule has 11 aliphatic rings. The van der Waals surface area contributed by atoms with E-state index in [-0.39, 0.29) is 0 Å². The lowest BCUT2D eigenvalue weighted by Gasteiger charge is -2.45. The minimum atomic E-state index is 0.966. The molecule has 10 heteroatoms. The molecular formula is C58H72N10+2. The molecule has 17 rings (SSSR count). The highest BCUT2D eigenvalue weighted by atomic mass is 15.4. The van der Waals surface area contributed by atoms with Gasteiger partial charge in [-0.15, -0.1) is 0 Å². The van der Waals surface area contributed by atoms with Crippen molar-refractivity contribution in [2.24, 2.45) is 0 Å². The first-order valence-corrected chi connectivity index (χ1v) is 25.5. The lowest BCUT2D eigenvalue weighted by atomic mass is 9.96. The van der Waals surface area contributed by atoms with Crippen LogP contribution in [0.15, 0.2) is 122 Å². The first kappa shape index (κ1) is 44.4. The zero-order valence-corrected chi connectivity index (χ0v) is 41.2. The summed E-state index contributed by atoms with van der Waals surface area (Å²) in [6.45, 7) is 14.3. The maximum atomic E-state index is 2.73. The van der Waals surface area contributed by atoms with Gasteiger partial charge in [-0.25, -0.2) is 9.13 Å². The number of benzene rings is 4. The molecule has 2 aromatic heterocycles. The van der Waals surface area contributed by atoms with Crippen LogP contribution in [0.1, 0.15) is 57.3 Å². The van der Waals surface area contributed by atoms with Gasteiger partial charge in [0.2, 0.25) is 0 Å². The van der Waals surface area contributed by atoms with Crippen LogP contribution < -0.4 is 38.5 Å². The lowest BCUT2D eigenvalue weighted by molar-refractivity contribution is -0.697. The second-order valence-corrected chi connectivity index (χ2v) is 20.7. The van der Waals surface area contributed by atoms with Gasteiger partial charge in [-0.3, -0.25) is 0 Å². The van der Waals surface area contributed by atoms with Gasteiger partial charge in [-0.1, -0.05) is 48.5 Å². The van der Waals surface area contributed by atoms with Crippen LogP contribution in [0.3, 0.4) is 0 Å². The number of hydrogen-bond donors (Lipinski definition) is 0. The Bertz CT molecular complexity index is 2400. The lowest BCUT2D eigenvalue weighted by Crippen LogP contribution is -2.46. The number of pyridine rings is 2. The van der Waals surface area contributed by atoms with E-state index in [1.54, 1.807) is 0 Å². The second kappa shape index (κ2) is 19.5. The Morgan fingerprint density at radius 3 is 0.971 bits per heavy atom. The van der Waals surface area contributed by atoms with Crippen molar-refractivity contribution in [2.75, 3.05) is 110 Å². The predicted molar refractivity (Wildman–Crippen MR) is 279 cm³/mol. The van der Waals surface area contributed by atoms with Crippen molar-refractivity contribution in [3.8, 4) is 0 Å². The van der Waals surface area contributed by atoms with Crippen LogP contribution in [-0.4, -0.2) is 90.6 Å². The van der Waals surface area contributed by atoms with E-state index >= 15 is 0 Å². The van der Waals surface area contributed by atoms with Crippen molar-refractivity contribution in [2.45, 2.75) is 77.8 Å². The SMILES string of the molecule is CN(C)c1cc[n+](CCCN2CCc3ccc4c(c3)CN3CN4Cc4cc(ccc43)CCN(CCC[n+]3ccc(N(C)C)cc3)CCc3ccc4c(c3)CN3CN4Cc4cc(ccc43)CC2)cc1. The number of aromatic nitrogens is 2. The summed E-state index contributed by atoms with van der Waals surface area (Å²) in [5.74, 6) is 0. The Kier molecular flexibility index (Phi) is 12.7. The van der Waals surface area contributed by atoms with Gasteiger partial charge >= 0.3 is 0 Å². The summed E-state index contributed by atoms with van der Waals surface area (Å²) in [5.41, 5.74) is 19.8. The Morgan fingerprint density at radius 2 is 0.691 bits per heavy atom. The predicted octanol–water partition coefficient (Wildman–Crippen LogP) is 7.66. The molecule has 13 heterocycles. The van der Waals surface area contributed by atoms with Gasteiger partial charge in [0.25, 0.3) is 0 Å². The summed E-state index contributed by atoms with van der Waals surface area (Å²) in [6, 6.07) is 38.4. The molecular weight excluding hydrogens is 837 g/mol. The van der Waals surface area contributed by atoms with Crippen molar-refractivity contribution in [3.05, 3.63) is 166 Å². The van der Waals surface area contributed by atoms with Gasteiger partial charge in [0.15, 0.2) is 24.8 Å². The van der Waals surface area contributed by atoms with Crippen LogP contribution in [0.25, 0.3) is 0 Å². The van der Waals surface area contributed by atoms with Crippen LogP contribution in [0.4, 0.5) is 34.1 Å². The fraction of sp³-hybridized carbons (Fsp3) is 0.414. The largest absolute Gasteiger partial charge is 0.377 e. The molecule has 0 aliphatic carbocycles. The number of hydrogen-bond acceptors (Lipinski definition) is 8. The fourth-order valence-electron chi connectivity index (χ4n) is 11.6. The highest BCUT2D eigenvalue weighted by Gasteiger charge is 2.31. The van der Waals surface area contributed by atoms with Gasteiger partial charge < -0.3 is 39.2 Å². The number of rotatable bonds is 10. The molecule has 4 aromatic carbocycles. The molecule has 352 valence electrons. The van der Waals surface area contributed by atoms with E-state index in [4.69, 9.17) is 0 Å². The first-order chi connectivity index (χ1) is 33.2. The third-order valence-corrected chi connectivity index (χ3v) is 15.5. The molecule has 68 heavy (non-hydrogen) atoms. The molecule has 0 N–H and O–H groups in total. The second-order valence-electron chi connectivity index (χ2n) is 20.7. The van der Waals surface area contributed by atoms with Crippen LogP contribution in [-0.2, 0) is 65.0 Å². The number of anilines is 6. The third-order valence-electron chi connectivity index (χ3n) is 15.5. The molecule has 0 spiro atoms. The van der Waals surface area contributed by atoms with Crippen molar-refractivity contribution >= 4 is 34.1 Å². The summed E-state index contributed by atoms with van der Waals surface area (Å²) >= 11 is 0. The summed E-state index contributed by atoms with van der Waals surface area (Å²) in [4.78, 5) is 20.2. The van der Waals surface area contributed by atoms with Crippen molar-refractivity contribution in [1.82, 2.24) is 9.80 Å². The highest BCUT2D eigenvalue weighted by molar-refractivity contribution is 5.70. The zero-order valence-electron chi connectivity index (χ0n) is 41.2. The Hall–Kier alpha value is -6.10. The van der Waals surface area contributed by atoms with E-state index in [1.165, 1.54) is 78.6 Å². The van der Waals surface area contributed by atoms with E-state index in [1.807, 2.05) is 0 Å². The molecule has 0 saturated heterocycles. The minimum absolute atomic E-state index is 0.966. The van der Waals surface area contributed by atoms with E-state index in [9.17, 15) is 0 Å². The quantitative estimate of drug-likeness (QED) is 0.130. The van der Waals surface area contributed by atoms with Gasteiger partial charge in [0.05, 0.1) is 13.3 Å². The third kappa shape index (κ3) is 9.76. The zero-order chi connectivity index (χ0) is 46.1. The van der Waals surface area contributed by atoms with Gasteiger partial charge in [0.1, 0.15) is 13.1 Å². The Morgan fingerprint density at radius 1 is 0.397 bits per heavy atom. The molecule has 0 fully saturated rings. The highest BCUT2D eigenvalue weighted by Crippen LogP contribution is 2.40. The molecule has 0 radical (unpaired) electrons. The van der Waals surface area contributed by atoms with Crippen molar-refractivity contribution < 1.29 is 9.13 Å². The Labute approximate surface area is 405 Å². The van der Waals surface area contributed by atoms with Gasteiger partial charge in [0, 0.05) is 165 Å². The van der Waals surface area contributed by atoms with Gasteiger partial charge in [-0.2, -0.15) is 0 Å². The molecule has 0 saturated carbocycles.